The molecule has 118 valence electrons. The second kappa shape index (κ2) is 6.94. The highest BCUT2D eigenvalue weighted by Crippen LogP contribution is 2.23. The molecule has 0 bridgehead atoms. The summed E-state index contributed by atoms with van der Waals surface area (Å²) in [5, 5.41) is 0. The third-order valence-electron chi connectivity index (χ3n) is 4.17. The first-order valence-corrected chi connectivity index (χ1v) is 7.93. The number of hydrogen-bond donors (Lipinski definition) is 1. The van der Waals surface area contributed by atoms with Gasteiger partial charge >= 0.3 is 0 Å². The molecule has 0 aliphatic carbocycles. The first kappa shape index (κ1) is 15.1. The van der Waals surface area contributed by atoms with Gasteiger partial charge in [0.15, 0.2) is 0 Å². The predicted molar refractivity (Wildman–Crippen MR) is 87.9 cm³/mol. The van der Waals surface area contributed by atoms with E-state index in [-0.39, 0.29) is 0 Å². The Hall–Kier alpha value is -1.85. The van der Waals surface area contributed by atoms with Gasteiger partial charge in [-0.3, -0.25) is 0 Å². The van der Waals surface area contributed by atoms with E-state index in [1.807, 2.05) is 24.5 Å². The maximum Gasteiger partial charge on any atom is 0.139 e. The van der Waals surface area contributed by atoms with Crippen molar-refractivity contribution in [1.82, 2.24) is 14.5 Å². The number of nitrogens with zero attached hydrogens (tertiary/aromatic N) is 3. The van der Waals surface area contributed by atoms with Crippen LogP contribution in [0, 0.1) is 0 Å². The third kappa shape index (κ3) is 3.48. The molecule has 0 amide bonds. The molecule has 22 heavy (non-hydrogen) atoms. The van der Waals surface area contributed by atoms with Crippen LogP contribution >= 0.6 is 0 Å². The minimum atomic E-state index is 0.335. The molecule has 1 aromatic heterocycles. The Balaban J connectivity index is 1.66. The summed E-state index contributed by atoms with van der Waals surface area (Å²) >= 11 is 0. The van der Waals surface area contributed by atoms with Crippen molar-refractivity contribution in [3.63, 3.8) is 0 Å². The van der Waals surface area contributed by atoms with Crippen LogP contribution in [0.4, 0.5) is 0 Å². The van der Waals surface area contributed by atoms with Crippen molar-refractivity contribution in [1.29, 1.82) is 0 Å². The largest absolute Gasteiger partial charge is 0.490 e. The smallest absolute Gasteiger partial charge is 0.139 e. The molecule has 2 N–H and O–H groups in total. The average molecular weight is 300 g/mol. The highest BCUT2D eigenvalue weighted by atomic mass is 16.5. The fourth-order valence-electron chi connectivity index (χ4n) is 2.87. The molecule has 3 rings (SSSR count). The van der Waals surface area contributed by atoms with Gasteiger partial charge in [-0.15, -0.1) is 0 Å². The van der Waals surface area contributed by atoms with Crippen molar-refractivity contribution in [3.8, 4) is 17.1 Å². The molecule has 0 radical (unpaired) electrons. The molecule has 1 aromatic carbocycles. The summed E-state index contributed by atoms with van der Waals surface area (Å²) in [6, 6.07) is 8.21. The lowest BCUT2D eigenvalue weighted by Crippen LogP contribution is -2.35. The molecule has 2 heterocycles. The second-order valence-electron chi connectivity index (χ2n) is 5.88. The molecular weight excluding hydrogens is 276 g/mol. The van der Waals surface area contributed by atoms with Crippen LogP contribution in [0.1, 0.15) is 12.8 Å². The maximum atomic E-state index is 6.08. The lowest BCUT2D eigenvalue weighted by molar-refractivity contribution is 0.114. The van der Waals surface area contributed by atoms with Gasteiger partial charge in [-0.2, -0.15) is 0 Å². The molecule has 0 unspecified atom stereocenters. The van der Waals surface area contributed by atoms with Gasteiger partial charge in [0.2, 0.25) is 0 Å². The molecule has 0 saturated carbocycles. The normalized spacial score (nSPS) is 16.8. The number of benzene rings is 1. The number of piperidine rings is 1. The average Bonchev–Trinajstić information content (AvgIpc) is 2.99. The molecule has 2 aromatic rings. The van der Waals surface area contributed by atoms with Gasteiger partial charge in [0, 0.05) is 44.1 Å². The number of hydrogen-bond acceptors (Lipinski definition) is 4. The Labute approximate surface area is 131 Å². The fourth-order valence-corrected chi connectivity index (χ4v) is 2.87. The summed E-state index contributed by atoms with van der Waals surface area (Å²) in [7, 11) is 2.16. The molecule has 1 aliphatic heterocycles. The van der Waals surface area contributed by atoms with E-state index in [4.69, 9.17) is 10.5 Å². The molecule has 0 spiro atoms. The summed E-state index contributed by atoms with van der Waals surface area (Å²) < 4.78 is 8.16. The second-order valence-corrected chi connectivity index (χ2v) is 5.88. The topological polar surface area (TPSA) is 56.3 Å². The molecule has 5 nitrogen and oxygen atoms in total. The number of imidazole rings is 1. The van der Waals surface area contributed by atoms with Crippen LogP contribution in [0.2, 0.25) is 0 Å². The molecule has 1 aliphatic rings. The third-order valence-corrected chi connectivity index (χ3v) is 4.17. The van der Waals surface area contributed by atoms with E-state index >= 15 is 0 Å². The van der Waals surface area contributed by atoms with Crippen LogP contribution in [-0.4, -0.2) is 47.2 Å². The highest BCUT2D eigenvalue weighted by Gasteiger charge is 2.18. The summed E-state index contributed by atoms with van der Waals surface area (Å²) in [5.41, 5.74) is 6.72. The van der Waals surface area contributed by atoms with Crippen LogP contribution in [0.3, 0.4) is 0 Å². The number of nitrogens with two attached hydrogens (primary N) is 1. The molecule has 5 heteroatoms. The van der Waals surface area contributed by atoms with Crippen molar-refractivity contribution < 1.29 is 4.74 Å². The van der Waals surface area contributed by atoms with Gasteiger partial charge in [-0.05, 0) is 44.2 Å². The molecule has 1 saturated heterocycles. The van der Waals surface area contributed by atoms with Crippen molar-refractivity contribution in [2.24, 2.45) is 5.73 Å². The van der Waals surface area contributed by atoms with E-state index in [1.54, 1.807) is 0 Å². The van der Waals surface area contributed by atoms with Crippen LogP contribution in [-0.2, 0) is 6.54 Å². The zero-order valence-corrected chi connectivity index (χ0v) is 13.1. The summed E-state index contributed by atoms with van der Waals surface area (Å²) in [6.45, 7) is 3.61. The van der Waals surface area contributed by atoms with Crippen LogP contribution in [0.25, 0.3) is 11.4 Å². The van der Waals surface area contributed by atoms with Crippen LogP contribution < -0.4 is 10.5 Å². The standard InChI is InChI=1S/C17H24N4O/c1-20-10-6-16(7-11-20)22-15-4-2-14(3-5-15)17-19-9-13-21(17)12-8-18/h2-5,9,13,16H,6-8,10-12,18H2,1H3. The Bertz CT molecular complexity index is 585. The predicted octanol–water partition coefficient (Wildman–Crippen LogP) is 1.98. The highest BCUT2D eigenvalue weighted by molar-refractivity contribution is 5.56. The minimum Gasteiger partial charge on any atom is -0.490 e. The Morgan fingerprint density at radius 3 is 2.64 bits per heavy atom. The molecular formula is C17H24N4O. The first-order valence-electron chi connectivity index (χ1n) is 7.93. The maximum absolute atomic E-state index is 6.08. The van der Waals surface area contributed by atoms with Crippen molar-refractivity contribution in [2.75, 3.05) is 26.7 Å². The van der Waals surface area contributed by atoms with E-state index in [0.717, 1.165) is 49.6 Å². The zero-order valence-electron chi connectivity index (χ0n) is 13.1. The minimum absolute atomic E-state index is 0.335. The Morgan fingerprint density at radius 1 is 1.23 bits per heavy atom. The SMILES string of the molecule is CN1CCC(Oc2ccc(-c3nccn3CCN)cc2)CC1. The van der Waals surface area contributed by atoms with E-state index in [0.29, 0.717) is 12.6 Å². The quantitative estimate of drug-likeness (QED) is 0.917. The van der Waals surface area contributed by atoms with Crippen molar-refractivity contribution >= 4 is 0 Å². The van der Waals surface area contributed by atoms with Gasteiger partial charge in [0.1, 0.15) is 17.7 Å². The van der Waals surface area contributed by atoms with Crippen molar-refractivity contribution in [3.05, 3.63) is 36.7 Å². The van der Waals surface area contributed by atoms with E-state index in [9.17, 15) is 0 Å². The summed E-state index contributed by atoms with van der Waals surface area (Å²) in [5.74, 6) is 1.89. The van der Waals surface area contributed by atoms with Gasteiger partial charge in [-0.25, -0.2) is 4.98 Å². The van der Waals surface area contributed by atoms with E-state index in [1.165, 1.54) is 0 Å². The lowest BCUT2D eigenvalue weighted by Gasteiger charge is -2.29. The molecule has 0 atom stereocenters. The number of rotatable bonds is 5. The molecule has 1 fully saturated rings. The lowest BCUT2D eigenvalue weighted by atomic mass is 10.1. The Kier molecular flexibility index (Phi) is 4.75. The van der Waals surface area contributed by atoms with E-state index in [2.05, 4.69) is 33.6 Å². The zero-order chi connectivity index (χ0) is 15.4. The van der Waals surface area contributed by atoms with Gasteiger partial charge in [-0.1, -0.05) is 0 Å². The van der Waals surface area contributed by atoms with Crippen LogP contribution in [0.15, 0.2) is 36.7 Å². The van der Waals surface area contributed by atoms with Crippen LogP contribution in [0.5, 0.6) is 5.75 Å². The van der Waals surface area contributed by atoms with Crippen molar-refractivity contribution in [2.45, 2.75) is 25.5 Å². The Morgan fingerprint density at radius 2 is 1.95 bits per heavy atom. The first-order chi connectivity index (χ1) is 10.8. The van der Waals surface area contributed by atoms with Gasteiger partial charge in [0.05, 0.1) is 0 Å². The van der Waals surface area contributed by atoms with Gasteiger partial charge in [0.25, 0.3) is 0 Å². The monoisotopic (exact) mass is 300 g/mol. The fraction of sp³-hybridized carbons (Fsp3) is 0.471. The summed E-state index contributed by atoms with van der Waals surface area (Å²) in [6.07, 6.45) is 6.30. The van der Waals surface area contributed by atoms with E-state index < -0.39 is 0 Å². The number of likely N-dealkylation sites (tertiary alicyclic amines) is 1. The number of ether oxygens (including phenoxy) is 1. The van der Waals surface area contributed by atoms with Gasteiger partial charge < -0.3 is 19.9 Å². The summed E-state index contributed by atoms with van der Waals surface area (Å²) in [4.78, 5) is 6.77. The number of aromatic nitrogens is 2.